The Hall–Kier alpha value is -1.77. The van der Waals surface area contributed by atoms with Crippen LogP contribution in [-0.2, 0) is 11.0 Å². The second kappa shape index (κ2) is 8.19. The van der Waals surface area contributed by atoms with E-state index < -0.39 is 28.9 Å². The summed E-state index contributed by atoms with van der Waals surface area (Å²) in [5.41, 5.74) is -0.855. The Kier molecular flexibility index (Phi) is 6.86. The normalized spacial score (nSPS) is 12.8. The van der Waals surface area contributed by atoms with E-state index in [2.05, 4.69) is 15.6 Å². The summed E-state index contributed by atoms with van der Waals surface area (Å²) in [6, 6.07) is 1.49. The number of nitrogens with one attached hydrogen (secondary N) is 2. The Morgan fingerprint density at radius 2 is 1.91 bits per heavy atom. The van der Waals surface area contributed by atoms with Crippen LogP contribution in [0.5, 0.6) is 0 Å². The fraction of sp³-hybridized carbons (Fsp3) is 0.500. The average molecular weight is 349 g/mol. The number of halogens is 3. The van der Waals surface area contributed by atoms with Crippen molar-refractivity contribution in [1.29, 1.82) is 0 Å². The third kappa shape index (κ3) is 6.89. The van der Waals surface area contributed by atoms with E-state index >= 15 is 0 Å². The summed E-state index contributed by atoms with van der Waals surface area (Å²) in [6.45, 7) is 5.80. The first-order valence-corrected chi connectivity index (χ1v) is 7.76. The minimum Gasteiger partial charge on any atom is -0.338 e. The highest BCUT2D eigenvalue weighted by molar-refractivity contribution is 8.00. The van der Waals surface area contributed by atoms with Crippen LogP contribution in [0.3, 0.4) is 0 Å². The van der Waals surface area contributed by atoms with Gasteiger partial charge < -0.3 is 5.32 Å². The maximum Gasteiger partial charge on any atom is 0.417 e. The van der Waals surface area contributed by atoms with Crippen LogP contribution in [0, 0.1) is 5.92 Å². The van der Waals surface area contributed by atoms with Gasteiger partial charge in [-0.3, -0.25) is 10.1 Å². The second-order valence-corrected chi connectivity index (χ2v) is 6.60. The summed E-state index contributed by atoms with van der Waals surface area (Å²) in [7, 11) is 0. The molecule has 0 saturated heterocycles. The highest BCUT2D eigenvalue weighted by atomic mass is 32.2. The predicted molar refractivity (Wildman–Crippen MR) is 80.9 cm³/mol. The number of aromatic nitrogens is 1. The SMILES string of the molecule is CC(C)CNC(=O)NC(=O)C(C)Sc1ccc(C(F)(F)F)cn1. The van der Waals surface area contributed by atoms with Crippen LogP contribution >= 0.6 is 11.8 Å². The Morgan fingerprint density at radius 3 is 2.39 bits per heavy atom. The van der Waals surface area contributed by atoms with Gasteiger partial charge in [0.1, 0.15) is 0 Å². The van der Waals surface area contributed by atoms with Crippen LogP contribution in [0.15, 0.2) is 23.4 Å². The number of nitrogens with zero attached hydrogens (tertiary/aromatic N) is 1. The molecule has 0 aliphatic heterocycles. The molecule has 0 aromatic carbocycles. The number of amides is 3. The molecule has 0 bridgehead atoms. The van der Waals surface area contributed by atoms with Gasteiger partial charge in [0, 0.05) is 12.7 Å². The number of thioether (sulfide) groups is 1. The molecule has 128 valence electrons. The zero-order valence-corrected chi connectivity index (χ0v) is 13.7. The zero-order chi connectivity index (χ0) is 17.6. The predicted octanol–water partition coefficient (Wildman–Crippen LogP) is 3.06. The van der Waals surface area contributed by atoms with Crippen LogP contribution in [0.2, 0.25) is 0 Å². The number of imide groups is 1. The molecule has 1 heterocycles. The van der Waals surface area contributed by atoms with Gasteiger partial charge in [-0.25, -0.2) is 9.78 Å². The van der Waals surface area contributed by atoms with E-state index in [1.165, 1.54) is 13.0 Å². The van der Waals surface area contributed by atoms with Crippen molar-refractivity contribution in [2.24, 2.45) is 5.92 Å². The lowest BCUT2D eigenvalue weighted by Crippen LogP contribution is -2.43. The number of rotatable bonds is 5. The van der Waals surface area contributed by atoms with Gasteiger partial charge in [0.15, 0.2) is 0 Å². The molecule has 0 radical (unpaired) electrons. The molecule has 0 fully saturated rings. The van der Waals surface area contributed by atoms with Gasteiger partial charge in [-0.2, -0.15) is 13.2 Å². The van der Waals surface area contributed by atoms with Crippen molar-refractivity contribution in [3.8, 4) is 0 Å². The monoisotopic (exact) mass is 349 g/mol. The second-order valence-electron chi connectivity index (χ2n) is 5.24. The van der Waals surface area contributed by atoms with Crippen molar-refractivity contribution in [2.45, 2.75) is 37.2 Å². The van der Waals surface area contributed by atoms with Gasteiger partial charge in [-0.15, -0.1) is 0 Å². The van der Waals surface area contributed by atoms with E-state index in [0.717, 1.165) is 17.8 Å². The molecular formula is C14H18F3N3O2S. The minimum atomic E-state index is -4.45. The van der Waals surface area contributed by atoms with Gasteiger partial charge in [-0.05, 0) is 25.0 Å². The van der Waals surface area contributed by atoms with Gasteiger partial charge in [0.05, 0.1) is 15.8 Å². The quantitative estimate of drug-likeness (QED) is 0.802. The Labute approximate surface area is 136 Å². The van der Waals surface area contributed by atoms with Crippen LogP contribution in [-0.4, -0.2) is 28.7 Å². The number of hydrogen-bond donors (Lipinski definition) is 2. The van der Waals surface area contributed by atoms with Crippen LogP contribution in [0.4, 0.5) is 18.0 Å². The van der Waals surface area contributed by atoms with Crippen LogP contribution in [0.25, 0.3) is 0 Å². The average Bonchev–Trinajstić information content (AvgIpc) is 2.44. The minimum absolute atomic E-state index is 0.249. The third-order valence-corrected chi connectivity index (χ3v) is 3.69. The topological polar surface area (TPSA) is 71.1 Å². The highest BCUT2D eigenvalue weighted by Crippen LogP contribution is 2.30. The zero-order valence-electron chi connectivity index (χ0n) is 12.9. The van der Waals surface area contributed by atoms with Crippen molar-refractivity contribution >= 4 is 23.7 Å². The number of urea groups is 1. The lowest BCUT2D eigenvalue weighted by atomic mass is 10.2. The first-order valence-electron chi connectivity index (χ1n) is 6.88. The van der Waals surface area contributed by atoms with Crippen LogP contribution in [0.1, 0.15) is 26.3 Å². The summed E-state index contributed by atoms with van der Waals surface area (Å²) in [6.07, 6.45) is -3.74. The third-order valence-electron chi connectivity index (χ3n) is 2.64. The van der Waals surface area contributed by atoms with E-state index in [-0.39, 0.29) is 10.9 Å². The number of pyridine rings is 1. The Bertz CT molecular complexity index is 547. The fourth-order valence-corrected chi connectivity index (χ4v) is 2.20. The van der Waals surface area contributed by atoms with E-state index in [9.17, 15) is 22.8 Å². The molecule has 1 aromatic rings. The molecule has 9 heteroatoms. The van der Waals surface area contributed by atoms with E-state index in [4.69, 9.17) is 0 Å². The lowest BCUT2D eigenvalue weighted by Gasteiger charge is -2.13. The Morgan fingerprint density at radius 1 is 1.26 bits per heavy atom. The number of alkyl halides is 3. The molecule has 1 aromatic heterocycles. The number of carbonyl (C=O) groups is 2. The molecule has 1 unspecified atom stereocenters. The standard InChI is InChI=1S/C14H18F3N3O2S/c1-8(2)6-19-13(22)20-12(21)9(3)23-11-5-4-10(7-18-11)14(15,16)17/h4-5,7-9H,6H2,1-3H3,(H2,19,20,21,22). The summed E-state index contributed by atoms with van der Waals surface area (Å²) in [4.78, 5) is 27.0. The molecule has 0 aliphatic rings. The number of hydrogen-bond acceptors (Lipinski definition) is 4. The van der Waals surface area contributed by atoms with Crippen molar-refractivity contribution in [1.82, 2.24) is 15.6 Å². The van der Waals surface area contributed by atoms with Gasteiger partial charge in [-0.1, -0.05) is 25.6 Å². The molecule has 23 heavy (non-hydrogen) atoms. The summed E-state index contributed by atoms with van der Waals surface area (Å²) in [5, 5.41) is 4.30. The Balaban J connectivity index is 2.53. The first kappa shape index (κ1) is 19.3. The molecule has 1 atom stereocenters. The largest absolute Gasteiger partial charge is 0.417 e. The highest BCUT2D eigenvalue weighted by Gasteiger charge is 2.30. The molecule has 5 nitrogen and oxygen atoms in total. The smallest absolute Gasteiger partial charge is 0.338 e. The van der Waals surface area contributed by atoms with E-state index in [0.29, 0.717) is 12.7 Å². The van der Waals surface area contributed by atoms with E-state index in [1.807, 2.05) is 13.8 Å². The van der Waals surface area contributed by atoms with E-state index in [1.54, 1.807) is 0 Å². The lowest BCUT2D eigenvalue weighted by molar-refractivity contribution is -0.137. The summed E-state index contributed by atoms with van der Waals surface area (Å²) in [5.74, 6) is -0.294. The summed E-state index contributed by atoms with van der Waals surface area (Å²) < 4.78 is 37.3. The van der Waals surface area contributed by atoms with Crippen LogP contribution < -0.4 is 10.6 Å². The van der Waals surface area contributed by atoms with Gasteiger partial charge >= 0.3 is 12.2 Å². The molecule has 2 N–H and O–H groups in total. The van der Waals surface area contributed by atoms with Gasteiger partial charge in [0.2, 0.25) is 5.91 Å². The van der Waals surface area contributed by atoms with Gasteiger partial charge in [0.25, 0.3) is 0 Å². The molecule has 0 saturated carbocycles. The molecule has 1 rings (SSSR count). The maximum atomic E-state index is 12.4. The van der Waals surface area contributed by atoms with Crippen molar-refractivity contribution in [3.05, 3.63) is 23.9 Å². The molecule has 0 spiro atoms. The van der Waals surface area contributed by atoms with Crippen molar-refractivity contribution in [3.63, 3.8) is 0 Å². The van der Waals surface area contributed by atoms with Crippen molar-refractivity contribution < 1.29 is 22.8 Å². The molecule has 3 amide bonds. The molecule has 0 aliphatic carbocycles. The fourth-order valence-electron chi connectivity index (χ4n) is 1.41. The van der Waals surface area contributed by atoms with Crippen molar-refractivity contribution in [2.75, 3.05) is 6.54 Å². The molecular weight excluding hydrogens is 331 g/mol. The number of carbonyl (C=O) groups excluding carboxylic acids is 2. The maximum absolute atomic E-state index is 12.4. The first-order chi connectivity index (χ1) is 10.6. The summed E-state index contributed by atoms with van der Waals surface area (Å²) >= 11 is 0.967.